The summed E-state index contributed by atoms with van der Waals surface area (Å²) in [5, 5.41) is 0. The minimum Gasteiger partial charge on any atom is -0.365 e. The van der Waals surface area contributed by atoms with Gasteiger partial charge >= 0.3 is 0 Å². The quantitative estimate of drug-likeness (QED) is 0.818. The van der Waals surface area contributed by atoms with Crippen LogP contribution in [-0.2, 0) is 0 Å². The fourth-order valence-corrected chi connectivity index (χ4v) is 3.89. The van der Waals surface area contributed by atoms with Crippen LogP contribution in [0, 0.1) is 11.7 Å². The highest BCUT2D eigenvalue weighted by atomic mass is 19.1. The predicted octanol–water partition coefficient (Wildman–Crippen LogP) is 4.34. The molecule has 2 unspecified atom stereocenters. The normalized spacial score (nSPS) is 26.4. The van der Waals surface area contributed by atoms with Crippen LogP contribution in [0.25, 0.3) is 0 Å². The first-order valence-electron chi connectivity index (χ1n) is 8.38. The second kappa shape index (κ2) is 7.26. The van der Waals surface area contributed by atoms with E-state index in [-0.39, 0.29) is 11.4 Å². The first kappa shape index (κ1) is 16.3. The van der Waals surface area contributed by atoms with Gasteiger partial charge in [-0.15, -0.1) is 0 Å². The Labute approximate surface area is 128 Å². The number of nitrogens with two attached hydrogens (primary N) is 1. The van der Waals surface area contributed by atoms with E-state index in [9.17, 15) is 4.39 Å². The summed E-state index contributed by atoms with van der Waals surface area (Å²) in [6.07, 6.45) is 7.25. The molecule has 2 nitrogen and oxygen atoms in total. The fourth-order valence-electron chi connectivity index (χ4n) is 3.89. The Kier molecular flexibility index (Phi) is 5.63. The zero-order chi connectivity index (χ0) is 15.3. The molecule has 2 N–H and O–H groups in total. The third kappa shape index (κ3) is 3.57. The SMILES string of the molecule is CCC1CCCC(CN)(N(CC)c2cccc(F)c2)CC1. The van der Waals surface area contributed by atoms with E-state index in [1.54, 1.807) is 12.1 Å². The summed E-state index contributed by atoms with van der Waals surface area (Å²) in [6.45, 7) is 5.94. The minimum atomic E-state index is -0.168. The van der Waals surface area contributed by atoms with Crippen molar-refractivity contribution in [1.82, 2.24) is 0 Å². The first-order valence-corrected chi connectivity index (χ1v) is 8.38. The average Bonchev–Trinajstić information content (AvgIpc) is 2.71. The molecule has 1 aliphatic rings. The third-order valence-electron chi connectivity index (χ3n) is 5.24. The van der Waals surface area contributed by atoms with Crippen LogP contribution in [0.5, 0.6) is 0 Å². The van der Waals surface area contributed by atoms with E-state index < -0.39 is 0 Å². The van der Waals surface area contributed by atoms with E-state index in [0.29, 0.717) is 6.54 Å². The number of rotatable bonds is 5. The molecule has 21 heavy (non-hydrogen) atoms. The van der Waals surface area contributed by atoms with Gasteiger partial charge in [-0.1, -0.05) is 32.3 Å². The van der Waals surface area contributed by atoms with Crippen LogP contribution < -0.4 is 10.6 Å². The molecule has 2 atom stereocenters. The first-order chi connectivity index (χ1) is 10.1. The van der Waals surface area contributed by atoms with Crippen molar-refractivity contribution in [2.75, 3.05) is 18.0 Å². The summed E-state index contributed by atoms with van der Waals surface area (Å²) in [5.41, 5.74) is 7.17. The third-order valence-corrected chi connectivity index (χ3v) is 5.24. The van der Waals surface area contributed by atoms with Gasteiger partial charge in [0.1, 0.15) is 5.82 Å². The van der Waals surface area contributed by atoms with Gasteiger partial charge in [0.25, 0.3) is 0 Å². The van der Waals surface area contributed by atoms with Crippen molar-refractivity contribution in [3.05, 3.63) is 30.1 Å². The van der Waals surface area contributed by atoms with Crippen molar-refractivity contribution >= 4 is 5.69 Å². The monoisotopic (exact) mass is 292 g/mol. The highest BCUT2D eigenvalue weighted by molar-refractivity contribution is 5.49. The molecule has 0 amide bonds. The van der Waals surface area contributed by atoms with Crippen LogP contribution in [0.3, 0.4) is 0 Å². The number of benzene rings is 1. The molecule has 2 rings (SSSR count). The van der Waals surface area contributed by atoms with Crippen LogP contribution in [0.4, 0.5) is 10.1 Å². The van der Waals surface area contributed by atoms with Crippen LogP contribution in [0.1, 0.15) is 52.4 Å². The average molecular weight is 292 g/mol. The van der Waals surface area contributed by atoms with Gasteiger partial charge in [0.2, 0.25) is 0 Å². The van der Waals surface area contributed by atoms with Gasteiger partial charge in [-0.2, -0.15) is 0 Å². The number of anilines is 1. The summed E-state index contributed by atoms with van der Waals surface area (Å²) in [4.78, 5) is 2.34. The van der Waals surface area contributed by atoms with Gasteiger partial charge in [-0.05, 0) is 50.3 Å². The van der Waals surface area contributed by atoms with Gasteiger partial charge in [0.15, 0.2) is 0 Å². The molecule has 0 aromatic heterocycles. The molecule has 1 fully saturated rings. The molecule has 0 radical (unpaired) electrons. The van der Waals surface area contributed by atoms with Crippen molar-refractivity contribution in [3.63, 3.8) is 0 Å². The van der Waals surface area contributed by atoms with Gasteiger partial charge in [0.05, 0.1) is 5.54 Å². The second-order valence-corrected chi connectivity index (χ2v) is 6.36. The maximum atomic E-state index is 13.6. The second-order valence-electron chi connectivity index (χ2n) is 6.36. The molecule has 118 valence electrons. The van der Waals surface area contributed by atoms with Gasteiger partial charge < -0.3 is 10.6 Å². The molecular weight excluding hydrogens is 263 g/mol. The highest BCUT2D eigenvalue weighted by Crippen LogP contribution is 2.37. The largest absolute Gasteiger partial charge is 0.365 e. The Morgan fingerprint density at radius 1 is 1.29 bits per heavy atom. The highest BCUT2D eigenvalue weighted by Gasteiger charge is 2.36. The van der Waals surface area contributed by atoms with Crippen molar-refractivity contribution in [2.45, 2.75) is 57.9 Å². The lowest BCUT2D eigenvalue weighted by Gasteiger charge is -2.44. The molecule has 1 aromatic carbocycles. The smallest absolute Gasteiger partial charge is 0.125 e. The minimum absolute atomic E-state index is 0.00748. The molecular formula is C18H29FN2. The molecule has 1 saturated carbocycles. The number of likely N-dealkylation sites (N-methyl/N-ethyl adjacent to an activating group) is 1. The van der Waals surface area contributed by atoms with E-state index in [4.69, 9.17) is 5.73 Å². The van der Waals surface area contributed by atoms with E-state index in [1.807, 2.05) is 6.07 Å². The van der Waals surface area contributed by atoms with E-state index in [0.717, 1.165) is 31.0 Å². The maximum Gasteiger partial charge on any atom is 0.125 e. The standard InChI is InChI=1S/C18H29FN2/c1-3-15-7-6-11-18(14-20,12-10-15)21(4-2)17-9-5-8-16(19)13-17/h5,8-9,13,15H,3-4,6-7,10-12,14,20H2,1-2H3. The topological polar surface area (TPSA) is 29.3 Å². The Morgan fingerprint density at radius 2 is 2.10 bits per heavy atom. The van der Waals surface area contributed by atoms with Gasteiger partial charge in [-0.3, -0.25) is 0 Å². The van der Waals surface area contributed by atoms with Crippen molar-refractivity contribution in [2.24, 2.45) is 11.7 Å². The molecule has 0 spiro atoms. The summed E-state index contributed by atoms with van der Waals surface area (Å²) >= 11 is 0. The Balaban J connectivity index is 2.28. The van der Waals surface area contributed by atoms with E-state index in [2.05, 4.69) is 18.7 Å². The van der Waals surface area contributed by atoms with Crippen LogP contribution >= 0.6 is 0 Å². The lowest BCUT2D eigenvalue weighted by Crippen LogP contribution is -2.54. The number of hydrogen-bond acceptors (Lipinski definition) is 2. The van der Waals surface area contributed by atoms with Crippen LogP contribution in [0.15, 0.2) is 24.3 Å². The summed E-state index contributed by atoms with van der Waals surface area (Å²) in [7, 11) is 0. The molecule has 1 aliphatic carbocycles. The number of hydrogen-bond donors (Lipinski definition) is 1. The van der Waals surface area contributed by atoms with Crippen LogP contribution in [0.2, 0.25) is 0 Å². The zero-order valence-corrected chi connectivity index (χ0v) is 13.4. The van der Waals surface area contributed by atoms with Gasteiger partial charge in [0, 0.05) is 18.8 Å². The zero-order valence-electron chi connectivity index (χ0n) is 13.4. The molecule has 0 saturated heterocycles. The molecule has 0 heterocycles. The Hall–Kier alpha value is -1.09. The number of halogens is 1. The Bertz CT molecular complexity index is 449. The lowest BCUT2D eigenvalue weighted by molar-refractivity contribution is 0.342. The van der Waals surface area contributed by atoms with Crippen molar-refractivity contribution < 1.29 is 4.39 Å². The summed E-state index contributed by atoms with van der Waals surface area (Å²) in [6, 6.07) is 6.95. The fraction of sp³-hybridized carbons (Fsp3) is 0.667. The molecule has 1 aromatic rings. The molecule has 3 heteroatoms. The van der Waals surface area contributed by atoms with E-state index >= 15 is 0 Å². The predicted molar refractivity (Wildman–Crippen MR) is 88.1 cm³/mol. The molecule has 0 aliphatic heterocycles. The van der Waals surface area contributed by atoms with Gasteiger partial charge in [-0.25, -0.2) is 4.39 Å². The maximum absolute atomic E-state index is 13.6. The summed E-state index contributed by atoms with van der Waals surface area (Å²) in [5.74, 6) is 0.655. The number of nitrogens with zero attached hydrogens (tertiary/aromatic N) is 1. The van der Waals surface area contributed by atoms with Crippen LogP contribution in [-0.4, -0.2) is 18.6 Å². The van der Waals surface area contributed by atoms with Crippen molar-refractivity contribution in [1.29, 1.82) is 0 Å². The van der Waals surface area contributed by atoms with Crippen molar-refractivity contribution in [3.8, 4) is 0 Å². The van der Waals surface area contributed by atoms with E-state index in [1.165, 1.54) is 31.7 Å². The summed E-state index contributed by atoms with van der Waals surface area (Å²) < 4.78 is 13.6. The Morgan fingerprint density at radius 3 is 2.71 bits per heavy atom. The lowest BCUT2D eigenvalue weighted by atomic mass is 9.86. The molecule has 0 bridgehead atoms.